The highest BCUT2D eigenvalue weighted by Crippen LogP contribution is 2.35. The Morgan fingerprint density at radius 3 is 2.88 bits per heavy atom. The molecule has 0 bridgehead atoms. The van der Waals surface area contributed by atoms with Gasteiger partial charge in [0, 0.05) is 24.7 Å². The van der Waals surface area contributed by atoms with E-state index in [1.807, 2.05) is 6.07 Å². The molecule has 2 aromatic carbocycles. The van der Waals surface area contributed by atoms with E-state index in [1.165, 1.54) is 12.1 Å². The molecule has 4 nitrogen and oxygen atoms in total. The second kappa shape index (κ2) is 7.00. The lowest BCUT2D eigenvalue weighted by molar-refractivity contribution is 0.172. The van der Waals surface area contributed by atoms with Gasteiger partial charge >= 0.3 is 0 Å². The summed E-state index contributed by atoms with van der Waals surface area (Å²) in [5.74, 6) is 0.422. The number of rotatable bonds is 4. The molecule has 1 heterocycles. The van der Waals surface area contributed by atoms with Crippen molar-refractivity contribution in [2.75, 3.05) is 13.7 Å². The number of β-amino-alcohol motifs (C(OH)–C–C–N with tert-alkyl or cyclic N) is 1. The zero-order chi connectivity index (χ0) is 17.1. The monoisotopic (exact) mass is 326 g/mol. The summed E-state index contributed by atoms with van der Waals surface area (Å²) in [6.45, 7) is 1.03. The van der Waals surface area contributed by atoms with Gasteiger partial charge in [0.2, 0.25) is 0 Å². The predicted molar refractivity (Wildman–Crippen MR) is 87.9 cm³/mol. The minimum Gasteiger partial charge on any atom is -0.496 e. The van der Waals surface area contributed by atoms with Gasteiger partial charge < -0.3 is 9.84 Å². The van der Waals surface area contributed by atoms with Crippen LogP contribution in [0, 0.1) is 17.1 Å². The number of methoxy groups -OCH3 is 1. The number of aliphatic hydroxyl groups excluding tert-OH is 1. The summed E-state index contributed by atoms with van der Waals surface area (Å²) in [7, 11) is 1.59. The molecule has 124 valence electrons. The number of nitriles is 1. The van der Waals surface area contributed by atoms with E-state index in [4.69, 9.17) is 10.00 Å². The van der Waals surface area contributed by atoms with Crippen LogP contribution in [0.2, 0.25) is 0 Å². The highest BCUT2D eigenvalue weighted by molar-refractivity contribution is 5.42. The number of likely N-dealkylation sites (tertiary alicyclic amines) is 1. The van der Waals surface area contributed by atoms with Crippen molar-refractivity contribution in [1.29, 1.82) is 5.26 Å². The molecule has 0 radical (unpaired) electrons. The van der Waals surface area contributed by atoms with Crippen molar-refractivity contribution in [1.82, 2.24) is 4.90 Å². The van der Waals surface area contributed by atoms with Crippen LogP contribution in [0.15, 0.2) is 42.5 Å². The number of hydrogen-bond donors (Lipinski definition) is 1. The average molecular weight is 326 g/mol. The van der Waals surface area contributed by atoms with E-state index in [9.17, 15) is 9.50 Å². The third-order valence-electron chi connectivity index (χ3n) is 4.40. The molecule has 24 heavy (non-hydrogen) atoms. The van der Waals surface area contributed by atoms with Gasteiger partial charge in [-0.15, -0.1) is 0 Å². The first kappa shape index (κ1) is 16.4. The Hall–Kier alpha value is -2.42. The summed E-state index contributed by atoms with van der Waals surface area (Å²) in [5, 5.41) is 19.2. The largest absolute Gasteiger partial charge is 0.496 e. The van der Waals surface area contributed by atoms with Gasteiger partial charge in [-0.25, -0.2) is 4.39 Å². The number of nitrogens with zero attached hydrogens (tertiary/aromatic N) is 2. The van der Waals surface area contributed by atoms with Crippen molar-refractivity contribution >= 4 is 0 Å². The fourth-order valence-electron chi connectivity index (χ4n) is 3.31. The third kappa shape index (κ3) is 3.40. The number of halogens is 1. The zero-order valence-electron chi connectivity index (χ0n) is 13.4. The van der Waals surface area contributed by atoms with Crippen molar-refractivity contribution in [3.8, 4) is 11.8 Å². The molecule has 1 aliphatic rings. The van der Waals surface area contributed by atoms with Gasteiger partial charge in [0.15, 0.2) is 0 Å². The molecule has 5 heteroatoms. The van der Waals surface area contributed by atoms with E-state index in [0.29, 0.717) is 30.8 Å². The standard InChI is InChI=1S/C19H19FN2O2/c1-24-19-6-5-13(10-21)7-15(19)11-22-12-17(23)9-18(22)14-3-2-4-16(20)8-14/h2-8,17-18,23H,9,11-12H2,1H3/t17-,18+/m0/s1. The second-order valence-corrected chi connectivity index (χ2v) is 6.03. The molecule has 0 aromatic heterocycles. The summed E-state index contributed by atoms with van der Waals surface area (Å²) < 4.78 is 18.9. The minimum atomic E-state index is -0.455. The van der Waals surface area contributed by atoms with E-state index in [-0.39, 0.29) is 11.9 Å². The predicted octanol–water partition coefficient (Wildman–Crippen LogP) is 3.01. The van der Waals surface area contributed by atoms with Crippen LogP contribution in [0.1, 0.15) is 29.2 Å². The van der Waals surface area contributed by atoms with Gasteiger partial charge in [-0.05, 0) is 42.3 Å². The number of aliphatic hydroxyl groups is 1. The normalized spacial score (nSPS) is 20.8. The molecule has 1 fully saturated rings. The van der Waals surface area contributed by atoms with E-state index < -0.39 is 6.10 Å². The molecule has 1 saturated heterocycles. The Morgan fingerprint density at radius 2 is 2.17 bits per heavy atom. The van der Waals surface area contributed by atoms with E-state index in [1.54, 1.807) is 31.4 Å². The van der Waals surface area contributed by atoms with Crippen LogP contribution < -0.4 is 4.74 Å². The fourth-order valence-corrected chi connectivity index (χ4v) is 3.31. The molecular weight excluding hydrogens is 307 g/mol. The van der Waals surface area contributed by atoms with Crippen molar-refractivity contribution in [2.45, 2.75) is 25.1 Å². The summed E-state index contributed by atoms with van der Waals surface area (Å²) in [6.07, 6.45) is 0.104. The highest BCUT2D eigenvalue weighted by atomic mass is 19.1. The van der Waals surface area contributed by atoms with Gasteiger partial charge in [0.25, 0.3) is 0 Å². The first-order valence-electron chi connectivity index (χ1n) is 7.85. The minimum absolute atomic E-state index is 0.0638. The van der Waals surface area contributed by atoms with Crippen LogP contribution >= 0.6 is 0 Å². The van der Waals surface area contributed by atoms with Crippen LogP contribution in [-0.4, -0.2) is 29.8 Å². The van der Waals surface area contributed by atoms with Crippen LogP contribution in [-0.2, 0) is 6.54 Å². The molecule has 3 rings (SSSR count). The Balaban J connectivity index is 1.89. The first-order chi connectivity index (χ1) is 11.6. The van der Waals surface area contributed by atoms with Crippen LogP contribution in [0.5, 0.6) is 5.75 Å². The van der Waals surface area contributed by atoms with Crippen molar-refractivity contribution in [2.24, 2.45) is 0 Å². The summed E-state index contributed by atoms with van der Waals surface area (Å²) >= 11 is 0. The van der Waals surface area contributed by atoms with Crippen LogP contribution in [0.25, 0.3) is 0 Å². The zero-order valence-corrected chi connectivity index (χ0v) is 13.4. The van der Waals surface area contributed by atoms with Gasteiger partial charge in [-0.3, -0.25) is 4.90 Å². The maximum absolute atomic E-state index is 13.6. The quantitative estimate of drug-likeness (QED) is 0.938. The molecule has 0 amide bonds. The van der Waals surface area contributed by atoms with Crippen molar-refractivity contribution in [3.05, 3.63) is 65.0 Å². The van der Waals surface area contributed by atoms with Crippen molar-refractivity contribution in [3.63, 3.8) is 0 Å². The lowest BCUT2D eigenvalue weighted by atomic mass is 10.0. The smallest absolute Gasteiger partial charge is 0.123 e. The van der Waals surface area contributed by atoms with Gasteiger partial charge in [-0.1, -0.05) is 12.1 Å². The maximum Gasteiger partial charge on any atom is 0.123 e. The van der Waals surface area contributed by atoms with E-state index >= 15 is 0 Å². The molecular formula is C19H19FN2O2. The highest BCUT2D eigenvalue weighted by Gasteiger charge is 2.32. The van der Waals surface area contributed by atoms with Crippen molar-refractivity contribution < 1.29 is 14.2 Å². The number of hydrogen-bond acceptors (Lipinski definition) is 4. The molecule has 0 unspecified atom stereocenters. The van der Waals surface area contributed by atoms with Gasteiger partial charge in [0.05, 0.1) is 24.8 Å². The maximum atomic E-state index is 13.6. The number of benzene rings is 2. The Kier molecular flexibility index (Phi) is 4.79. The third-order valence-corrected chi connectivity index (χ3v) is 4.40. The first-order valence-corrected chi connectivity index (χ1v) is 7.85. The SMILES string of the molecule is COc1ccc(C#N)cc1CN1C[C@@H](O)C[C@@H]1c1cccc(F)c1. The fraction of sp³-hybridized carbons (Fsp3) is 0.316. The second-order valence-electron chi connectivity index (χ2n) is 6.03. The molecule has 2 aromatic rings. The Bertz CT molecular complexity index is 772. The summed E-state index contributed by atoms with van der Waals surface area (Å²) in [5.41, 5.74) is 2.29. The van der Waals surface area contributed by atoms with E-state index in [2.05, 4.69) is 11.0 Å². The van der Waals surface area contributed by atoms with Crippen LogP contribution in [0.4, 0.5) is 4.39 Å². The molecule has 2 atom stereocenters. The lowest BCUT2D eigenvalue weighted by Gasteiger charge is -2.25. The molecule has 0 aliphatic carbocycles. The molecule has 1 aliphatic heterocycles. The van der Waals surface area contributed by atoms with E-state index in [0.717, 1.165) is 11.1 Å². The average Bonchev–Trinajstić information content (AvgIpc) is 2.95. The summed E-state index contributed by atoms with van der Waals surface area (Å²) in [4.78, 5) is 2.10. The van der Waals surface area contributed by atoms with Gasteiger partial charge in [-0.2, -0.15) is 5.26 Å². The molecule has 0 saturated carbocycles. The van der Waals surface area contributed by atoms with Crippen LogP contribution in [0.3, 0.4) is 0 Å². The number of ether oxygens (including phenoxy) is 1. The topological polar surface area (TPSA) is 56.5 Å². The Labute approximate surface area is 140 Å². The Morgan fingerprint density at radius 1 is 1.33 bits per heavy atom. The summed E-state index contributed by atoms with van der Waals surface area (Å²) in [6, 6.07) is 13.8. The lowest BCUT2D eigenvalue weighted by Crippen LogP contribution is -2.24. The molecule has 0 spiro atoms. The molecule has 1 N–H and O–H groups in total. The van der Waals surface area contributed by atoms with Gasteiger partial charge in [0.1, 0.15) is 11.6 Å².